The van der Waals surface area contributed by atoms with E-state index in [1.165, 1.54) is 12.8 Å². The van der Waals surface area contributed by atoms with Crippen molar-refractivity contribution in [2.45, 2.75) is 12.8 Å². The predicted octanol–water partition coefficient (Wildman–Crippen LogP) is 1.56. The first-order valence-corrected chi connectivity index (χ1v) is 6.77. The number of hydrogen-bond acceptors (Lipinski definition) is 4. The number of H-pyrrole nitrogens is 1. The molecule has 1 unspecified atom stereocenters. The van der Waals surface area contributed by atoms with Gasteiger partial charge in [-0.05, 0) is 44.0 Å². The van der Waals surface area contributed by atoms with Crippen LogP contribution in [0.1, 0.15) is 12.8 Å². The molecule has 1 aliphatic heterocycles. The summed E-state index contributed by atoms with van der Waals surface area (Å²) in [7, 11) is 2.08. The Balaban J connectivity index is 1.69. The lowest BCUT2D eigenvalue weighted by molar-refractivity contribution is 0.533. The molecule has 0 bridgehead atoms. The van der Waals surface area contributed by atoms with Gasteiger partial charge in [0.15, 0.2) is 5.58 Å². The van der Waals surface area contributed by atoms with Crippen molar-refractivity contribution >= 4 is 16.8 Å². The van der Waals surface area contributed by atoms with Gasteiger partial charge in [0, 0.05) is 25.3 Å². The summed E-state index contributed by atoms with van der Waals surface area (Å²) in [6, 6.07) is 5.82. The summed E-state index contributed by atoms with van der Waals surface area (Å²) in [5.41, 5.74) is 2.46. The van der Waals surface area contributed by atoms with Gasteiger partial charge in [-0.25, -0.2) is 4.79 Å². The molecule has 1 saturated heterocycles. The van der Waals surface area contributed by atoms with Crippen molar-refractivity contribution in [3.05, 3.63) is 28.7 Å². The average molecular weight is 261 g/mol. The molecule has 2 N–H and O–H groups in total. The number of benzene rings is 1. The van der Waals surface area contributed by atoms with Crippen molar-refractivity contribution in [3.8, 4) is 0 Å². The summed E-state index contributed by atoms with van der Waals surface area (Å²) in [6.07, 6.45) is 2.47. The highest BCUT2D eigenvalue weighted by Crippen LogP contribution is 2.21. The van der Waals surface area contributed by atoms with E-state index in [-0.39, 0.29) is 0 Å². The lowest BCUT2D eigenvalue weighted by Crippen LogP contribution is -2.21. The van der Waals surface area contributed by atoms with Crippen molar-refractivity contribution in [1.29, 1.82) is 0 Å². The fourth-order valence-electron chi connectivity index (χ4n) is 2.64. The molecule has 1 aliphatic rings. The van der Waals surface area contributed by atoms with Crippen molar-refractivity contribution < 1.29 is 4.42 Å². The number of anilines is 1. The Kier molecular flexibility index (Phi) is 3.29. The number of nitrogens with zero attached hydrogens (tertiary/aromatic N) is 1. The molecule has 2 heterocycles. The van der Waals surface area contributed by atoms with Gasteiger partial charge in [-0.3, -0.25) is 4.98 Å². The van der Waals surface area contributed by atoms with E-state index >= 15 is 0 Å². The van der Waals surface area contributed by atoms with Crippen molar-refractivity contribution in [2.75, 3.05) is 31.6 Å². The van der Waals surface area contributed by atoms with Crippen molar-refractivity contribution in [1.82, 2.24) is 10.3 Å². The van der Waals surface area contributed by atoms with Crippen LogP contribution in [-0.4, -0.2) is 31.7 Å². The van der Waals surface area contributed by atoms with Crippen LogP contribution < -0.4 is 16.0 Å². The number of aromatic nitrogens is 1. The standard InChI is InChI=1S/C14H19N3O2/c1-17(7-5-10-4-6-15-9-10)11-2-3-12-13(8-11)19-14(18)16-12/h2-3,8,10,15H,4-7,9H2,1H3,(H,16,18). The van der Waals surface area contributed by atoms with Crippen LogP contribution in [-0.2, 0) is 0 Å². The van der Waals surface area contributed by atoms with Crippen LogP contribution >= 0.6 is 0 Å². The Bertz CT molecular complexity index is 610. The Morgan fingerprint density at radius 1 is 1.47 bits per heavy atom. The number of hydrogen-bond donors (Lipinski definition) is 2. The maximum absolute atomic E-state index is 11.1. The van der Waals surface area contributed by atoms with Crippen LogP contribution in [0.5, 0.6) is 0 Å². The van der Waals surface area contributed by atoms with E-state index in [9.17, 15) is 4.79 Å². The average Bonchev–Trinajstić information content (AvgIpc) is 3.02. The van der Waals surface area contributed by atoms with Gasteiger partial charge in [-0.15, -0.1) is 0 Å². The molecule has 19 heavy (non-hydrogen) atoms. The topological polar surface area (TPSA) is 61.3 Å². The van der Waals surface area contributed by atoms with Crippen LogP contribution in [0.4, 0.5) is 5.69 Å². The lowest BCUT2D eigenvalue weighted by atomic mass is 10.0. The molecule has 5 heteroatoms. The highest BCUT2D eigenvalue weighted by atomic mass is 16.4. The van der Waals surface area contributed by atoms with Crippen LogP contribution in [0, 0.1) is 5.92 Å². The van der Waals surface area contributed by atoms with Crippen LogP contribution in [0.3, 0.4) is 0 Å². The second-order valence-electron chi connectivity index (χ2n) is 5.26. The maximum Gasteiger partial charge on any atom is 0.417 e. The molecule has 0 radical (unpaired) electrons. The van der Waals surface area contributed by atoms with E-state index in [2.05, 4.69) is 22.2 Å². The second-order valence-corrected chi connectivity index (χ2v) is 5.26. The quantitative estimate of drug-likeness (QED) is 0.876. The monoisotopic (exact) mass is 261 g/mol. The van der Waals surface area contributed by atoms with Gasteiger partial charge in [0.25, 0.3) is 0 Å². The second kappa shape index (κ2) is 5.09. The lowest BCUT2D eigenvalue weighted by Gasteiger charge is -2.20. The number of aromatic amines is 1. The molecule has 0 saturated carbocycles. The van der Waals surface area contributed by atoms with Crippen molar-refractivity contribution in [2.24, 2.45) is 5.92 Å². The Labute approximate surface area is 111 Å². The molecule has 3 rings (SSSR count). The van der Waals surface area contributed by atoms with Gasteiger partial charge < -0.3 is 14.6 Å². The summed E-state index contributed by atoms with van der Waals surface area (Å²) in [5, 5.41) is 3.39. The first-order valence-electron chi connectivity index (χ1n) is 6.77. The number of oxazole rings is 1. The summed E-state index contributed by atoms with van der Waals surface area (Å²) in [5.74, 6) is 0.392. The van der Waals surface area contributed by atoms with Gasteiger partial charge in [-0.2, -0.15) is 0 Å². The molecule has 0 amide bonds. The summed E-state index contributed by atoms with van der Waals surface area (Å²) in [6.45, 7) is 3.31. The number of rotatable bonds is 4. The Morgan fingerprint density at radius 2 is 2.37 bits per heavy atom. The normalized spacial score (nSPS) is 19.1. The largest absolute Gasteiger partial charge is 0.417 e. The molecule has 1 atom stereocenters. The zero-order valence-electron chi connectivity index (χ0n) is 11.1. The fraction of sp³-hybridized carbons (Fsp3) is 0.500. The fourth-order valence-corrected chi connectivity index (χ4v) is 2.64. The van der Waals surface area contributed by atoms with E-state index in [1.54, 1.807) is 0 Å². The van der Waals surface area contributed by atoms with Gasteiger partial charge in [0.2, 0.25) is 0 Å². The maximum atomic E-state index is 11.1. The number of nitrogens with one attached hydrogen (secondary N) is 2. The van der Waals surface area contributed by atoms with E-state index in [4.69, 9.17) is 4.42 Å². The van der Waals surface area contributed by atoms with Crippen LogP contribution in [0.2, 0.25) is 0 Å². The molecule has 0 spiro atoms. The molecule has 102 valence electrons. The third kappa shape index (κ3) is 2.66. The smallest absolute Gasteiger partial charge is 0.408 e. The molecule has 1 aromatic carbocycles. The van der Waals surface area contributed by atoms with Crippen molar-refractivity contribution in [3.63, 3.8) is 0 Å². The van der Waals surface area contributed by atoms with Gasteiger partial charge in [0.1, 0.15) is 0 Å². The Hall–Kier alpha value is -1.75. The first kappa shape index (κ1) is 12.3. The van der Waals surface area contributed by atoms with E-state index in [1.807, 2.05) is 18.2 Å². The molecular formula is C14H19N3O2. The van der Waals surface area contributed by atoms with E-state index in [0.717, 1.165) is 36.8 Å². The first-order chi connectivity index (χ1) is 9.22. The van der Waals surface area contributed by atoms with Gasteiger partial charge in [-0.1, -0.05) is 0 Å². The molecule has 1 fully saturated rings. The Morgan fingerprint density at radius 3 is 3.16 bits per heavy atom. The third-order valence-corrected chi connectivity index (χ3v) is 3.88. The minimum absolute atomic E-state index is 0.396. The molecule has 1 aromatic heterocycles. The summed E-state index contributed by atoms with van der Waals surface area (Å²) >= 11 is 0. The van der Waals surface area contributed by atoms with E-state index in [0.29, 0.717) is 5.58 Å². The van der Waals surface area contributed by atoms with E-state index < -0.39 is 5.76 Å². The summed E-state index contributed by atoms with van der Waals surface area (Å²) in [4.78, 5) is 16.0. The zero-order chi connectivity index (χ0) is 13.2. The minimum atomic E-state index is -0.396. The summed E-state index contributed by atoms with van der Waals surface area (Å²) < 4.78 is 5.09. The highest BCUT2D eigenvalue weighted by Gasteiger charge is 2.15. The molecule has 5 nitrogen and oxygen atoms in total. The van der Waals surface area contributed by atoms with Gasteiger partial charge in [0.05, 0.1) is 5.52 Å². The zero-order valence-corrected chi connectivity index (χ0v) is 11.1. The SMILES string of the molecule is CN(CCC1CCNC1)c1ccc2[nH]c(=O)oc2c1. The molecular weight excluding hydrogens is 242 g/mol. The minimum Gasteiger partial charge on any atom is -0.408 e. The highest BCUT2D eigenvalue weighted by molar-refractivity contribution is 5.76. The molecule has 2 aromatic rings. The van der Waals surface area contributed by atoms with Crippen LogP contribution in [0.15, 0.2) is 27.4 Å². The van der Waals surface area contributed by atoms with Gasteiger partial charge >= 0.3 is 5.76 Å². The number of fused-ring (bicyclic) bond motifs is 1. The van der Waals surface area contributed by atoms with Crippen LogP contribution in [0.25, 0.3) is 11.1 Å². The molecule has 0 aliphatic carbocycles. The predicted molar refractivity (Wildman–Crippen MR) is 75.7 cm³/mol. The third-order valence-electron chi connectivity index (χ3n) is 3.88.